The van der Waals surface area contributed by atoms with Crippen LogP contribution in [0.3, 0.4) is 0 Å². The Morgan fingerprint density at radius 2 is 1.96 bits per heavy atom. The highest BCUT2D eigenvalue weighted by molar-refractivity contribution is 7.90. The number of aromatic nitrogens is 2. The third kappa shape index (κ3) is 3.97. The lowest BCUT2D eigenvalue weighted by molar-refractivity contribution is -0.115. The van der Waals surface area contributed by atoms with Gasteiger partial charge in [-0.15, -0.1) is 11.3 Å². The zero-order chi connectivity index (χ0) is 18.0. The predicted molar refractivity (Wildman–Crippen MR) is 98.5 cm³/mol. The van der Waals surface area contributed by atoms with Gasteiger partial charge in [0.25, 0.3) is 0 Å². The molecule has 2 N–H and O–H groups in total. The molecule has 0 aliphatic carbocycles. The van der Waals surface area contributed by atoms with Crippen molar-refractivity contribution in [2.24, 2.45) is 0 Å². The first-order valence-electron chi connectivity index (χ1n) is 7.52. The average molecular weight is 375 g/mol. The number of hydrogen-bond acceptors (Lipinski definition) is 5. The van der Waals surface area contributed by atoms with Gasteiger partial charge in [0.1, 0.15) is 0 Å². The molecule has 6 nitrogen and oxygen atoms in total. The summed E-state index contributed by atoms with van der Waals surface area (Å²) in [7, 11) is -3.23. The maximum absolute atomic E-state index is 12.2. The Kier molecular flexibility index (Phi) is 4.73. The number of sulfone groups is 1. The zero-order valence-electron chi connectivity index (χ0n) is 13.7. The summed E-state index contributed by atoms with van der Waals surface area (Å²) in [6.45, 7) is 1.90. The van der Waals surface area contributed by atoms with Gasteiger partial charge in [-0.3, -0.25) is 9.89 Å². The van der Waals surface area contributed by atoms with E-state index in [0.717, 1.165) is 28.0 Å². The van der Waals surface area contributed by atoms with E-state index in [9.17, 15) is 13.2 Å². The molecule has 0 saturated heterocycles. The maximum atomic E-state index is 12.2. The summed E-state index contributed by atoms with van der Waals surface area (Å²) in [6, 6.07) is 10.2. The van der Waals surface area contributed by atoms with Gasteiger partial charge in [-0.1, -0.05) is 18.2 Å². The van der Waals surface area contributed by atoms with Gasteiger partial charge >= 0.3 is 0 Å². The fourth-order valence-electron chi connectivity index (χ4n) is 2.40. The number of carbonyl (C=O) groups excluding carboxylic acids is 1. The number of thiophene rings is 1. The van der Waals surface area contributed by atoms with Crippen molar-refractivity contribution in [1.82, 2.24) is 10.2 Å². The number of H-pyrrole nitrogens is 1. The number of nitrogens with zero attached hydrogens (tertiary/aromatic N) is 1. The van der Waals surface area contributed by atoms with Crippen LogP contribution in [0.25, 0.3) is 10.6 Å². The van der Waals surface area contributed by atoms with Gasteiger partial charge in [0.05, 0.1) is 21.9 Å². The van der Waals surface area contributed by atoms with Crippen LogP contribution in [0, 0.1) is 6.92 Å². The Balaban J connectivity index is 1.69. The van der Waals surface area contributed by atoms with E-state index in [1.807, 2.05) is 24.4 Å². The van der Waals surface area contributed by atoms with E-state index >= 15 is 0 Å². The number of amides is 1. The molecule has 130 valence electrons. The lowest BCUT2D eigenvalue weighted by Crippen LogP contribution is -2.15. The summed E-state index contributed by atoms with van der Waals surface area (Å²) < 4.78 is 22.9. The van der Waals surface area contributed by atoms with E-state index in [1.54, 1.807) is 23.5 Å². The molecule has 3 aromatic rings. The van der Waals surface area contributed by atoms with Crippen molar-refractivity contribution in [3.05, 3.63) is 52.9 Å². The summed E-state index contributed by atoms with van der Waals surface area (Å²) in [4.78, 5) is 13.5. The van der Waals surface area contributed by atoms with Crippen LogP contribution >= 0.6 is 11.3 Å². The van der Waals surface area contributed by atoms with Gasteiger partial charge in [-0.2, -0.15) is 5.10 Å². The molecule has 0 fully saturated rings. The van der Waals surface area contributed by atoms with Crippen LogP contribution < -0.4 is 5.32 Å². The predicted octanol–water partition coefficient (Wildman–Crippen LogP) is 3.03. The number of rotatable bonds is 5. The smallest absolute Gasteiger partial charge is 0.230 e. The third-order valence-corrected chi connectivity index (χ3v) is 5.77. The van der Waals surface area contributed by atoms with Crippen molar-refractivity contribution in [2.75, 3.05) is 11.6 Å². The van der Waals surface area contributed by atoms with Gasteiger partial charge in [0.2, 0.25) is 5.91 Å². The SMILES string of the molecule is Cc1c(NC(=O)Cc2ccc(S(C)(=O)=O)cc2)n[nH]c1-c1cccs1. The minimum atomic E-state index is -3.23. The molecule has 2 heterocycles. The molecule has 0 atom stereocenters. The van der Waals surface area contributed by atoms with E-state index in [-0.39, 0.29) is 17.2 Å². The minimum absolute atomic E-state index is 0.144. The molecule has 2 aromatic heterocycles. The first-order chi connectivity index (χ1) is 11.8. The van der Waals surface area contributed by atoms with E-state index in [2.05, 4.69) is 15.5 Å². The molecule has 25 heavy (non-hydrogen) atoms. The van der Waals surface area contributed by atoms with E-state index in [1.165, 1.54) is 12.1 Å². The summed E-state index contributed by atoms with van der Waals surface area (Å²) in [5.41, 5.74) is 2.50. The Morgan fingerprint density at radius 1 is 1.24 bits per heavy atom. The summed E-state index contributed by atoms with van der Waals surface area (Å²) in [5, 5.41) is 11.9. The van der Waals surface area contributed by atoms with Gasteiger partial charge < -0.3 is 5.32 Å². The molecule has 8 heteroatoms. The first-order valence-corrected chi connectivity index (χ1v) is 10.3. The Bertz CT molecular complexity index is 988. The molecule has 0 spiro atoms. The molecule has 0 aliphatic heterocycles. The number of nitrogens with one attached hydrogen (secondary N) is 2. The zero-order valence-corrected chi connectivity index (χ0v) is 15.4. The number of anilines is 1. The second-order valence-electron chi connectivity index (χ2n) is 5.69. The van der Waals surface area contributed by atoms with Crippen molar-refractivity contribution in [3.63, 3.8) is 0 Å². The molecule has 0 bridgehead atoms. The van der Waals surface area contributed by atoms with Gasteiger partial charge in [0.15, 0.2) is 15.7 Å². The fraction of sp³-hybridized carbons (Fsp3) is 0.176. The van der Waals surface area contributed by atoms with Crippen molar-refractivity contribution in [2.45, 2.75) is 18.2 Å². The van der Waals surface area contributed by atoms with Crippen LogP contribution in [0.15, 0.2) is 46.7 Å². The monoisotopic (exact) mass is 375 g/mol. The highest BCUT2D eigenvalue weighted by Gasteiger charge is 2.14. The summed E-state index contributed by atoms with van der Waals surface area (Å²) in [5.74, 6) is 0.292. The Hall–Kier alpha value is -2.45. The average Bonchev–Trinajstić information content (AvgIpc) is 3.18. The van der Waals surface area contributed by atoms with Crippen molar-refractivity contribution < 1.29 is 13.2 Å². The minimum Gasteiger partial charge on any atom is -0.309 e. The highest BCUT2D eigenvalue weighted by atomic mass is 32.2. The van der Waals surface area contributed by atoms with E-state index < -0.39 is 9.84 Å². The molecule has 0 radical (unpaired) electrons. The van der Waals surface area contributed by atoms with E-state index in [4.69, 9.17) is 0 Å². The van der Waals surface area contributed by atoms with Crippen LogP contribution in [0.1, 0.15) is 11.1 Å². The first kappa shape index (κ1) is 17.4. The van der Waals surface area contributed by atoms with Gasteiger partial charge in [-0.05, 0) is 36.1 Å². The summed E-state index contributed by atoms with van der Waals surface area (Å²) in [6.07, 6.45) is 1.30. The van der Waals surface area contributed by atoms with Crippen LogP contribution in [-0.4, -0.2) is 30.8 Å². The number of carbonyl (C=O) groups is 1. The number of hydrogen-bond donors (Lipinski definition) is 2. The van der Waals surface area contributed by atoms with Crippen LogP contribution in [0.2, 0.25) is 0 Å². The second-order valence-corrected chi connectivity index (χ2v) is 8.65. The molecular formula is C17H17N3O3S2. The van der Waals surface area contributed by atoms with Crippen LogP contribution in [-0.2, 0) is 21.1 Å². The highest BCUT2D eigenvalue weighted by Crippen LogP contribution is 2.29. The maximum Gasteiger partial charge on any atom is 0.230 e. The largest absolute Gasteiger partial charge is 0.309 e. The molecule has 0 saturated carbocycles. The number of benzene rings is 1. The standard InChI is InChI=1S/C17H17N3O3S2/c1-11-16(14-4-3-9-24-14)19-20-17(11)18-15(21)10-12-5-7-13(8-6-12)25(2,22)23/h3-9H,10H2,1-2H3,(H2,18,19,20,21). The lowest BCUT2D eigenvalue weighted by Gasteiger charge is -2.05. The Morgan fingerprint density at radius 3 is 2.56 bits per heavy atom. The Labute approximate surface area is 149 Å². The lowest BCUT2D eigenvalue weighted by atomic mass is 10.1. The third-order valence-electron chi connectivity index (χ3n) is 3.75. The van der Waals surface area contributed by atoms with Gasteiger partial charge in [-0.25, -0.2) is 8.42 Å². The molecule has 0 unspecified atom stereocenters. The fourth-order valence-corrected chi connectivity index (χ4v) is 3.80. The van der Waals surface area contributed by atoms with E-state index in [0.29, 0.717) is 5.82 Å². The van der Waals surface area contributed by atoms with Crippen LogP contribution in [0.5, 0.6) is 0 Å². The molecule has 1 aromatic carbocycles. The normalized spacial score (nSPS) is 11.4. The topological polar surface area (TPSA) is 91.9 Å². The summed E-state index contributed by atoms with van der Waals surface area (Å²) >= 11 is 1.60. The van der Waals surface area contributed by atoms with Crippen LogP contribution in [0.4, 0.5) is 5.82 Å². The van der Waals surface area contributed by atoms with Gasteiger partial charge in [0, 0.05) is 11.8 Å². The van der Waals surface area contributed by atoms with Crippen molar-refractivity contribution in [3.8, 4) is 10.6 Å². The molecule has 3 rings (SSSR count). The quantitative estimate of drug-likeness (QED) is 0.717. The molecular weight excluding hydrogens is 358 g/mol. The van der Waals surface area contributed by atoms with Crippen molar-refractivity contribution >= 4 is 32.9 Å². The second kappa shape index (κ2) is 6.81. The molecule has 0 aliphatic rings. The molecule has 1 amide bonds. The number of aromatic amines is 1. The van der Waals surface area contributed by atoms with Crippen molar-refractivity contribution in [1.29, 1.82) is 0 Å².